The third-order valence-corrected chi connectivity index (χ3v) is 2.13. The lowest BCUT2D eigenvalue weighted by atomic mass is 10.2. The molecule has 2 heteroatoms. The second-order valence-corrected chi connectivity index (χ2v) is 2.89. The molecule has 0 aromatic carbocycles. The van der Waals surface area contributed by atoms with Crippen molar-refractivity contribution in [2.75, 3.05) is 5.75 Å². The van der Waals surface area contributed by atoms with Crippen LogP contribution in [-0.2, 0) is 4.79 Å². The van der Waals surface area contributed by atoms with E-state index >= 15 is 0 Å². The molecule has 0 aromatic rings. The minimum atomic E-state index is 0.0417. The first-order chi connectivity index (χ1) is 3.30. The fraction of sp³-hybridized carbons (Fsp3) is 0.600. The minimum absolute atomic E-state index is 0.0417. The Labute approximate surface area is 47.5 Å². The van der Waals surface area contributed by atoms with E-state index in [4.69, 9.17) is 0 Å². The van der Waals surface area contributed by atoms with Gasteiger partial charge in [0.2, 0.25) is 0 Å². The maximum Gasteiger partial charge on any atom is 0.146 e. The molecule has 1 atom stereocenters. The van der Waals surface area contributed by atoms with Gasteiger partial charge in [0.1, 0.15) is 5.78 Å². The van der Waals surface area contributed by atoms with Gasteiger partial charge in [0.25, 0.3) is 0 Å². The summed E-state index contributed by atoms with van der Waals surface area (Å²) in [4.78, 5) is 10.5. The van der Waals surface area contributed by atoms with Gasteiger partial charge in [0.05, 0.1) is 5.25 Å². The molecular weight excluding hydrogens is 108 g/mol. The Morgan fingerprint density at radius 2 is 2.57 bits per heavy atom. The van der Waals surface area contributed by atoms with Gasteiger partial charge in [-0.2, -0.15) is 11.8 Å². The summed E-state index contributed by atoms with van der Waals surface area (Å²) in [5.74, 6) is 1.29. The van der Waals surface area contributed by atoms with Crippen LogP contribution in [0.5, 0.6) is 0 Å². The molecule has 0 bridgehead atoms. The zero-order valence-corrected chi connectivity index (χ0v) is 4.83. The summed E-state index contributed by atoms with van der Waals surface area (Å²) < 4.78 is 0. The molecule has 1 rings (SSSR count). The van der Waals surface area contributed by atoms with Gasteiger partial charge in [-0.25, -0.2) is 0 Å². The Morgan fingerprint density at radius 1 is 1.86 bits per heavy atom. The van der Waals surface area contributed by atoms with Crippen molar-refractivity contribution in [1.82, 2.24) is 0 Å². The van der Waals surface area contributed by atoms with Crippen LogP contribution >= 0.6 is 11.8 Å². The van der Waals surface area contributed by atoms with Crippen molar-refractivity contribution in [3.63, 3.8) is 0 Å². The van der Waals surface area contributed by atoms with E-state index in [2.05, 4.69) is 6.92 Å². The van der Waals surface area contributed by atoms with E-state index in [1.807, 2.05) is 0 Å². The van der Waals surface area contributed by atoms with Crippen LogP contribution in [-0.4, -0.2) is 16.8 Å². The second kappa shape index (κ2) is 1.86. The van der Waals surface area contributed by atoms with Gasteiger partial charge < -0.3 is 0 Å². The lowest BCUT2D eigenvalue weighted by molar-refractivity contribution is -0.117. The normalized spacial score (nSPS) is 31.6. The highest BCUT2D eigenvalue weighted by atomic mass is 32.2. The van der Waals surface area contributed by atoms with Gasteiger partial charge in [-0.05, 0) is 6.92 Å². The number of hydrogen-bond acceptors (Lipinski definition) is 2. The van der Waals surface area contributed by atoms with E-state index in [1.165, 1.54) is 0 Å². The quantitative estimate of drug-likeness (QED) is 0.466. The van der Waals surface area contributed by atoms with Crippen molar-refractivity contribution >= 4 is 17.5 Å². The van der Waals surface area contributed by atoms with E-state index in [-0.39, 0.29) is 5.25 Å². The van der Waals surface area contributed by atoms with Crippen LogP contribution in [0.15, 0.2) is 0 Å². The zero-order valence-electron chi connectivity index (χ0n) is 4.02. The van der Waals surface area contributed by atoms with Gasteiger partial charge in [-0.1, -0.05) is 0 Å². The molecule has 0 N–H and O–H groups in total. The molecule has 0 aliphatic carbocycles. The van der Waals surface area contributed by atoms with Crippen molar-refractivity contribution in [1.29, 1.82) is 0 Å². The Hall–Kier alpha value is 0.0200. The molecule has 0 spiro atoms. The average molecular weight is 115 g/mol. The first kappa shape index (κ1) is 5.16. The lowest BCUT2D eigenvalue weighted by Gasteiger charge is -1.90. The smallest absolute Gasteiger partial charge is 0.146 e. The molecule has 0 aromatic heterocycles. The van der Waals surface area contributed by atoms with E-state index in [0.717, 1.165) is 12.2 Å². The summed E-state index contributed by atoms with van der Waals surface area (Å²) in [6.07, 6.45) is 0.735. The Kier molecular flexibility index (Phi) is 1.38. The maximum absolute atomic E-state index is 10.5. The molecule has 1 aliphatic heterocycles. The molecule has 1 aliphatic rings. The van der Waals surface area contributed by atoms with E-state index in [1.54, 1.807) is 11.8 Å². The van der Waals surface area contributed by atoms with Gasteiger partial charge in [-0.3, -0.25) is 4.79 Å². The summed E-state index contributed by atoms with van der Waals surface area (Å²) in [5, 5.41) is 0.0417. The van der Waals surface area contributed by atoms with Crippen LogP contribution in [0.4, 0.5) is 0 Å². The second-order valence-electron chi connectivity index (χ2n) is 1.58. The van der Waals surface area contributed by atoms with Crippen molar-refractivity contribution in [2.24, 2.45) is 0 Å². The monoisotopic (exact) mass is 115 g/mol. The van der Waals surface area contributed by atoms with Crippen molar-refractivity contribution in [2.45, 2.75) is 11.7 Å². The SMILES string of the molecule is [CH2]C1SCCC1=O. The third kappa shape index (κ3) is 0.969. The number of thioether (sulfide) groups is 1. The first-order valence-electron chi connectivity index (χ1n) is 2.28. The van der Waals surface area contributed by atoms with E-state index < -0.39 is 0 Å². The zero-order chi connectivity index (χ0) is 5.28. The van der Waals surface area contributed by atoms with Crippen molar-refractivity contribution in [3.05, 3.63) is 6.92 Å². The van der Waals surface area contributed by atoms with Crippen LogP contribution in [0.25, 0.3) is 0 Å². The largest absolute Gasteiger partial charge is 0.298 e. The van der Waals surface area contributed by atoms with Gasteiger partial charge in [-0.15, -0.1) is 0 Å². The standard InChI is InChI=1S/C5H7OS/c1-4-5(6)2-3-7-4/h4H,1-3H2. The minimum Gasteiger partial charge on any atom is -0.298 e. The molecule has 0 amide bonds. The highest BCUT2D eigenvalue weighted by molar-refractivity contribution is 8.01. The van der Waals surface area contributed by atoms with Crippen molar-refractivity contribution in [3.8, 4) is 0 Å². The van der Waals surface area contributed by atoms with Gasteiger partial charge >= 0.3 is 0 Å². The highest BCUT2D eigenvalue weighted by Gasteiger charge is 2.19. The average Bonchev–Trinajstić information content (AvgIpc) is 1.91. The van der Waals surface area contributed by atoms with Crippen LogP contribution in [0.1, 0.15) is 6.42 Å². The summed E-state index contributed by atoms with van der Waals surface area (Å²) >= 11 is 1.64. The molecule has 1 unspecified atom stereocenters. The predicted octanol–water partition coefficient (Wildman–Crippen LogP) is 0.895. The van der Waals surface area contributed by atoms with Gasteiger partial charge in [0.15, 0.2) is 0 Å². The number of carbonyl (C=O) groups excluding carboxylic acids is 1. The van der Waals surface area contributed by atoms with E-state index in [9.17, 15) is 4.79 Å². The van der Waals surface area contributed by atoms with Gasteiger partial charge in [0, 0.05) is 12.2 Å². The summed E-state index contributed by atoms with van der Waals surface area (Å²) in [5.41, 5.74) is 0. The number of carbonyl (C=O) groups is 1. The van der Waals surface area contributed by atoms with E-state index in [0.29, 0.717) is 5.78 Å². The highest BCUT2D eigenvalue weighted by Crippen LogP contribution is 2.21. The molecule has 0 saturated carbocycles. The molecule has 1 nitrogen and oxygen atoms in total. The Balaban J connectivity index is 2.48. The fourth-order valence-electron chi connectivity index (χ4n) is 0.556. The molecule has 39 valence electrons. The topological polar surface area (TPSA) is 17.1 Å². The molecular formula is C5H7OS. The fourth-order valence-corrected chi connectivity index (χ4v) is 1.46. The summed E-state index contributed by atoms with van der Waals surface area (Å²) in [6.45, 7) is 3.63. The molecule has 1 heterocycles. The molecule has 7 heavy (non-hydrogen) atoms. The number of ketones is 1. The Morgan fingerprint density at radius 3 is 2.71 bits per heavy atom. The van der Waals surface area contributed by atoms with Crippen LogP contribution in [0, 0.1) is 6.92 Å². The van der Waals surface area contributed by atoms with Crippen LogP contribution < -0.4 is 0 Å². The molecule has 1 saturated heterocycles. The third-order valence-electron chi connectivity index (χ3n) is 1.03. The number of rotatable bonds is 0. The molecule has 1 radical (unpaired) electrons. The molecule has 1 fully saturated rings. The number of Topliss-reactive ketones (excluding diaryl/α,β-unsaturated/α-hetero) is 1. The predicted molar refractivity (Wildman–Crippen MR) is 31.2 cm³/mol. The first-order valence-corrected chi connectivity index (χ1v) is 3.33. The maximum atomic E-state index is 10.5. The van der Waals surface area contributed by atoms with Crippen LogP contribution in [0.3, 0.4) is 0 Å². The lowest BCUT2D eigenvalue weighted by Crippen LogP contribution is -2.03. The van der Waals surface area contributed by atoms with Crippen molar-refractivity contribution < 1.29 is 4.79 Å². The summed E-state index contributed by atoms with van der Waals surface area (Å²) in [7, 11) is 0. The van der Waals surface area contributed by atoms with Crippen LogP contribution in [0.2, 0.25) is 0 Å². The Bertz CT molecular complexity index is 90.1. The summed E-state index contributed by atoms with van der Waals surface area (Å²) in [6, 6.07) is 0. The number of hydrogen-bond donors (Lipinski definition) is 0.